The molecule has 1 aliphatic heterocycles. The first-order chi connectivity index (χ1) is 16.0. The maximum atomic E-state index is 13.5. The van der Waals surface area contributed by atoms with Crippen LogP contribution >= 0.6 is 0 Å². The standard InChI is InChI=1S/C26H32N4O3/c1-5-8-23-27-16-21(26-17(2)18(3)29-33-26)25(28-23)22-9-6-7-14-30(22)24(31)15-19-10-12-20(32-4)13-11-19/h10-13,16,22H,5-9,14-15H2,1-4H3/t22-/m1/s1. The molecular formula is C26H32N4O3. The molecule has 1 amide bonds. The van der Waals surface area contributed by atoms with Gasteiger partial charge in [0.2, 0.25) is 5.91 Å². The number of aryl methyl sites for hydroxylation is 2. The van der Waals surface area contributed by atoms with E-state index in [0.717, 1.165) is 78.3 Å². The Kier molecular flexibility index (Phi) is 7.06. The van der Waals surface area contributed by atoms with Gasteiger partial charge >= 0.3 is 0 Å². The minimum Gasteiger partial charge on any atom is -0.497 e. The fraction of sp³-hybridized carbons (Fsp3) is 0.462. The third-order valence-electron chi connectivity index (χ3n) is 6.40. The van der Waals surface area contributed by atoms with Crippen LogP contribution in [0.1, 0.15) is 67.0 Å². The van der Waals surface area contributed by atoms with E-state index in [1.807, 2.05) is 49.2 Å². The fourth-order valence-corrected chi connectivity index (χ4v) is 4.41. The summed E-state index contributed by atoms with van der Waals surface area (Å²) in [6.07, 6.45) is 6.88. The van der Waals surface area contributed by atoms with Crippen molar-refractivity contribution in [2.24, 2.45) is 0 Å². The number of piperidine rings is 1. The van der Waals surface area contributed by atoms with E-state index in [1.165, 1.54) is 0 Å². The molecule has 4 rings (SSSR count). The number of carbonyl (C=O) groups excluding carboxylic acids is 1. The first-order valence-corrected chi connectivity index (χ1v) is 11.7. The first-order valence-electron chi connectivity index (χ1n) is 11.7. The molecule has 0 unspecified atom stereocenters. The number of ether oxygens (including phenoxy) is 1. The molecule has 7 heteroatoms. The number of amides is 1. The molecule has 7 nitrogen and oxygen atoms in total. The smallest absolute Gasteiger partial charge is 0.227 e. The van der Waals surface area contributed by atoms with Gasteiger partial charge in [-0.1, -0.05) is 24.2 Å². The lowest BCUT2D eigenvalue weighted by molar-refractivity contribution is -0.134. The molecule has 1 atom stereocenters. The molecular weight excluding hydrogens is 416 g/mol. The highest BCUT2D eigenvalue weighted by molar-refractivity contribution is 5.80. The van der Waals surface area contributed by atoms with Gasteiger partial charge in [0, 0.05) is 24.7 Å². The van der Waals surface area contributed by atoms with Crippen LogP contribution in [-0.2, 0) is 17.6 Å². The summed E-state index contributed by atoms with van der Waals surface area (Å²) in [5.41, 5.74) is 4.51. The first kappa shape index (κ1) is 23.0. The zero-order valence-corrected chi connectivity index (χ0v) is 19.9. The molecule has 1 aromatic carbocycles. The topological polar surface area (TPSA) is 81.4 Å². The summed E-state index contributed by atoms with van der Waals surface area (Å²) in [5, 5.41) is 4.14. The zero-order chi connectivity index (χ0) is 23.4. The summed E-state index contributed by atoms with van der Waals surface area (Å²) in [6.45, 7) is 6.77. The van der Waals surface area contributed by atoms with Crippen LogP contribution in [0, 0.1) is 13.8 Å². The van der Waals surface area contributed by atoms with Gasteiger partial charge in [0.25, 0.3) is 0 Å². The molecule has 3 heterocycles. The van der Waals surface area contributed by atoms with E-state index in [4.69, 9.17) is 14.2 Å². The van der Waals surface area contributed by atoms with Crippen molar-refractivity contribution >= 4 is 5.91 Å². The second-order valence-electron chi connectivity index (χ2n) is 8.68. The number of likely N-dealkylation sites (tertiary alicyclic amines) is 1. The molecule has 0 spiro atoms. The van der Waals surface area contributed by atoms with Gasteiger partial charge < -0.3 is 14.2 Å². The van der Waals surface area contributed by atoms with Gasteiger partial charge in [-0.15, -0.1) is 0 Å². The van der Waals surface area contributed by atoms with Crippen molar-refractivity contribution in [1.29, 1.82) is 0 Å². The minimum atomic E-state index is -0.108. The second kappa shape index (κ2) is 10.1. The van der Waals surface area contributed by atoms with Gasteiger partial charge in [0.05, 0.1) is 36.5 Å². The summed E-state index contributed by atoms with van der Waals surface area (Å²) in [5.74, 6) is 2.39. The molecule has 1 aliphatic rings. The van der Waals surface area contributed by atoms with E-state index in [9.17, 15) is 4.79 Å². The van der Waals surface area contributed by atoms with Gasteiger partial charge in [-0.2, -0.15) is 0 Å². The number of methoxy groups -OCH3 is 1. The van der Waals surface area contributed by atoms with E-state index in [-0.39, 0.29) is 11.9 Å². The summed E-state index contributed by atoms with van der Waals surface area (Å²) in [6, 6.07) is 7.58. The monoisotopic (exact) mass is 448 g/mol. The largest absolute Gasteiger partial charge is 0.497 e. The third-order valence-corrected chi connectivity index (χ3v) is 6.40. The van der Waals surface area contributed by atoms with E-state index in [0.29, 0.717) is 12.2 Å². The molecule has 1 saturated heterocycles. The van der Waals surface area contributed by atoms with Crippen molar-refractivity contribution in [3.05, 3.63) is 58.8 Å². The van der Waals surface area contributed by atoms with Crippen LogP contribution in [0.5, 0.6) is 5.75 Å². The second-order valence-corrected chi connectivity index (χ2v) is 8.68. The molecule has 0 N–H and O–H groups in total. The van der Waals surface area contributed by atoms with Gasteiger partial charge in [-0.3, -0.25) is 4.79 Å². The Balaban J connectivity index is 1.69. The Hall–Kier alpha value is -3.22. The molecule has 33 heavy (non-hydrogen) atoms. The lowest BCUT2D eigenvalue weighted by Crippen LogP contribution is -2.40. The Morgan fingerprint density at radius 2 is 2.00 bits per heavy atom. The van der Waals surface area contributed by atoms with Crippen LogP contribution in [0.15, 0.2) is 35.0 Å². The van der Waals surface area contributed by atoms with Crippen LogP contribution < -0.4 is 4.74 Å². The average Bonchev–Trinajstić information content (AvgIpc) is 3.17. The number of nitrogens with zero attached hydrogens (tertiary/aromatic N) is 4. The van der Waals surface area contributed by atoms with Crippen LogP contribution in [-0.4, -0.2) is 39.6 Å². The van der Waals surface area contributed by atoms with Gasteiger partial charge in [-0.25, -0.2) is 9.97 Å². The highest BCUT2D eigenvalue weighted by atomic mass is 16.5. The normalized spacial score (nSPS) is 16.1. The highest BCUT2D eigenvalue weighted by Gasteiger charge is 2.32. The van der Waals surface area contributed by atoms with Crippen LogP contribution in [0.25, 0.3) is 11.3 Å². The SMILES string of the molecule is CCCc1ncc(-c2onc(C)c2C)c([C@H]2CCCCN2C(=O)Cc2ccc(OC)cc2)n1. The predicted molar refractivity (Wildman–Crippen MR) is 126 cm³/mol. The van der Waals surface area contributed by atoms with Crippen LogP contribution in [0.4, 0.5) is 0 Å². The molecule has 174 valence electrons. The lowest BCUT2D eigenvalue weighted by Gasteiger charge is -2.36. The Morgan fingerprint density at radius 3 is 2.67 bits per heavy atom. The van der Waals surface area contributed by atoms with Crippen molar-refractivity contribution in [2.45, 2.75) is 65.3 Å². The number of benzene rings is 1. The minimum absolute atomic E-state index is 0.108. The molecule has 0 saturated carbocycles. The Morgan fingerprint density at radius 1 is 1.21 bits per heavy atom. The highest BCUT2D eigenvalue weighted by Crippen LogP contribution is 2.37. The summed E-state index contributed by atoms with van der Waals surface area (Å²) >= 11 is 0. The Bertz CT molecular complexity index is 1110. The molecule has 0 aliphatic carbocycles. The summed E-state index contributed by atoms with van der Waals surface area (Å²) in [4.78, 5) is 25.0. The van der Waals surface area contributed by atoms with Crippen molar-refractivity contribution in [3.8, 4) is 17.1 Å². The van der Waals surface area contributed by atoms with Gasteiger partial charge in [0.15, 0.2) is 5.76 Å². The number of rotatable bonds is 7. The molecule has 2 aromatic heterocycles. The number of aromatic nitrogens is 3. The van der Waals surface area contributed by atoms with Crippen LogP contribution in [0.3, 0.4) is 0 Å². The summed E-state index contributed by atoms with van der Waals surface area (Å²) in [7, 11) is 1.64. The predicted octanol–water partition coefficient (Wildman–Crippen LogP) is 5.01. The van der Waals surface area contributed by atoms with E-state index in [2.05, 4.69) is 17.1 Å². The number of carbonyl (C=O) groups is 1. The summed E-state index contributed by atoms with van der Waals surface area (Å²) < 4.78 is 10.9. The van der Waals surface area contributed by atoms with E-state index >= 15 is 0 Å². The lowest BCUT2D eigenvalue weighted by atomic mass is 9.94. The van der Waals surface area contributed by atoms with Gasteiger partial charge in [-0.05, 0) is 57.2 Å². The average molecular weight is 449 g/mol. The number of hydrogen-bond donors (Lipinski definition) is 0. The van der Waals surface area contributed by atoms with E-state index in [1.54, 1.807) is 7.11 Å². The van der Waals surface area contributed by atoms with Gasteiger partial charge in [0.1, 0.15) is 11.6 Å². The quantitative estimate of drug-likeness (QED) is 0.506. The Labute approximate surface area is 195 Å². The third kappa shape index (κ3) is 4.92. The van der Waals surface area contributed by atoms with Crippen molar-refractivity contribution < 1.29 is 14.1 Å². The van der Waals surface area contributed by atoms with Crippen LogP contribution in [0.2, 0.25) is 0 Å². The molecule has 3 aromatic rings. The van der Waals surface area contributed by atoms with Crippen molar-refractivity contribution in [3.63, 3.8) is 0 Å². The fourth-order valence-electron chi connectivity index (χ4n) is 4.41. The maximum Gasteiger partial charge on any atom is 0.227 e. The number of hydrogen-bond acceptors (Lipinski definition) is 6. The van der Waals surface area contributed by atoms with E-state index < -0.39 is 0 Å². The molecule has 0 radical (unpaired) electrons. The zero-order valence-electron chi connectivity index (χ0n) is 19.9. The van der Waals surface area contributed by atoms with Crippen molar-refractivity contribution in [1.82, 2.24) is 20.0 Å². The van der Waals surface area contributed by atoms with Crippen molar-refractivity contribution in [2.75, 3.05) is 13.7 Å². The maximum absolute atomic E-state index is 13.5. The molecule has 0 bridgehead atoms. The molecule has 1 fully saturated rings.